The fourth-order valence-corrected chi connectivity index (χ4v) is 3.12. The van der Waals surface area contributed by atoms with Gasteiger partial charge in [-0.3, -0.25) is 0 Å². The Kier molecular flexibility index (Phi) is 5.13. The van der Waals surface area contributed by atoms with Crippen molar-refractivity contribution in [2.24, 2.45) is 0 Å². The van der Waals surface area contributed by atoms with Crippen LogP contribution in [0.2, 0.25) is 0 Å². The Morgan fingerprint density at radius 2 is 1.77 bits per heavy atom. The van der Waals surface area contributed by atoms with Crippen LogP contribution in [-0.4, -0.2) is 40.8 Å². The molecule has 2 aromatic heterocycles. The number of fused-ring (bicyclic) bond motifs is 1. The van der Waals surface area contributed by atoms with Crippen LogP contribution in [0.4, 0.5) is 10.5 Å². The van der Waals surface area contributed by atoms with Crippen LogP contribution in [0.3, 0.4) is 0 Å². The highest BCUT2D eigenvalue weighted by Gasteiger charge is 2.11. The second-order valence-corrected chi connectivity index (χ2v) is 6.52. The summed E-state index contributed by atoms with van der Waals surface area (Å²) in [5, 5.41) is 9.81. The highest BCUT2D eigenvalue weighted by atomic mass is 16.5. The van der Waals surface area contributed by atoms with Crippen molar-refractivity contribution in [3.63, 3.8) is 0 Å². The summed E-state index contributed by atoms with van der Waals surface area (Å²) >= 11 is 0. The molecule has 0 aliphatic carbocycles. The minimum atomic E-state index is -0.390. The van der Waals surface area contributed by atoms with E-state index < -0.39 is 0 Å². The summed E-state index contributed by atoms with van der Waals surface area (Å²) in [6, 6.07) is 16.2. The number of carbonyl (C=O) groups excluding carboxylic acids is 2. The molecule has 2 heterocycles. The van der Waals surface area contributed by atoms with Crippen molar-refractivity contribution >= 4 is 23.3 Å². The number of rotatable bonds is 4. The SMILES string of the molecule is CNC(=O)Nc1cccc(-c2cnc3cc(-c4cccc(C(=O)OC)c4)cnn23)c1. The topological polar surface area (TPSA) is 97.6 Å². The Balaban J connectivity index is 1.69. The van der Waals surface area contributed by atoms with Gasteiger partial charge in [0, 0.05) is 23.9 Å². The largest absolute Gasteiger partial charge is 0.465 e. The average Bonchev–Trinajstić information content (AvgIpc) is 3.22. The Hall–Kier alpha value is -4.20. The maximum Gasteiger partial charge on any atom is 0.337 e. The first-order valence-electron chi connectivity index (χ1n) is 9.21. The molecular weight excluding hydrogens is 382 g/mol. The molecule has 0 spiro atoms. The number of methoxy groups -OCH3 is 1. The van der Waals surface area contributed by atoms with Crippen LogP contribution in [0.25, 0.3) is 28.0 Å². The molecule has 0 atom stereocenters. The third kappa shape index (κ3) is 3.70. The van der Waals surface area contributed by atoms with Gasteiger partial charge in [0.05, 0.1) is 30.8 Å². The average molecular weight is 401 g/mol. The Morgan fingerprint density at radius 1 is 0.967 bits per heavy atom. The van der Waals surface area contributed by atoms with E-state index in [1.807, 2.05) is 36.4 Å². The lowest BCUT2D eigenvalue weighted by molar-refractivity contribution is 0.0600. The highest BCUT2D eigenvalue weighted by molar-refractivity contribution is 5.91. The lowest BCUT2D eigenvalue weighted by Gasteiger charge is -2.08. The Bertz CT molecular complexity index is 1250. The molecule has 4 aromatic rings. The third-order valence-corrected chi connectivity index (χ3v) is 4.62. The van der Waals surface area contributed by atoms with E-state index in [9.17, 15) is 9.59 Å². The fraction of sp³-hybridized carbons (Fsp3) is 0.0909. The van der Waals surface area contributed by atoms with Crippen LogP contribution < -0.4 is 10.6 Å². The molecule has 4 rings (SSSR count). The van der Waals surface area contributed by atoms with Crippen LogP contribution >= 0.6 is 0 Å². The first-order valence-corrected chi connectivity index (χ1v) is 9.21. The van der Waals surface area contributed by atoms with Gasteiger partial charge in [0.1, 0.15) is 0 Å². The van der Waals surface area contributed by atoms with Crippen LogP contribution in [0.1, 0.15) is 10.4 Å². The smallest absolute Gasteiger partial charge is 0.337 e. The monoisotopic (exact) mass is 401 g/mol. The molecule has 30 heavy (non-hydrogen) atoms. The molecular formula is C22H19N5O3. The highest BCUT2D eigenvalue weighted by Crippen LogP contribution is 2.26. The van der Waals surface area contributed by atoms with Gasteiger partial charge in [-0.05, 0) is 35.9 Å². The molecule has 0 fully saturated rings. The second-order valence-electron chi connectivity index (χ2n) is 6.52. The first-order chi connectivity index (χ1) is 14.6. The van der Waals surface area contributed by atoms with Gasteiger partial charge in [0.15, 0.2) is 5.65 Å². The van der Waals surface area contributed by atoms with Gasteiger partial charge in [-0.1, -0.05) is 24.3 Å². The van der Waals surface area contributed by atoms with E-state index in [4.69, 9.17) is 4.74 Å². The van der Waals surface area contributed by atoms with Gasteiger partial charge in [-0.15, -0.1) is 0 Å². The van der Waals surface area contributed by atoms with Crippen LogP contribution in [0, 0.1) is 0 Å². The van der Waals surface area contributed by atoms with Gasteiger partial charge in [-0.2, -0.15) is 5.10 Å². The summed E-state index contributed by atoms with van der Waals surface area (Å²) < 4.78 is 6.52. The van der Waals surface area contributed by atoms with Gasteiger partial charge >= 0.3 is 12.0 Å². The molecule has 0 radical (unpaired) electrons. The van der Waals surface area contributed by atoms with E-state index in [1.165, 1.54) is 7.11 Å². The normalized spacial score (nSPS) is 10.6. The van der Waals surface area contributed by atoms with Crippen LogP contribution in [0.15, 0.2) is 67.0 Å². The lowest BCUT2D eigenvalue weighted by Crippen LogP contribution is -2.24. The van der Waals surface area contributed by atoms with E-state index in [1.54, 1.807) is 42.2 Å². The molecule has 0 aliphatic rings. The van der Waals surface area contributed by atoms with Gasteiger partial charge in [0.25, 0.3) is 0 Å². The van der Waals surface area contributed by atoms with E-state index >= 15 is 0 Å². The number of aromatic nitrogens is 3. The van der Waals surface area contributed by atoms with E-state index in [0.717, 1.165) is 22.4 Å². The van der Waals surface area contributed by atoms with E-state index in [2.05, 4.69) is 20.7 Å². The standard InChI is InChI=1S/C22H19N5O3/c1-23-22(29)26-18-8-4-6-15(10-18)19-13-24-20-11-17(12-25-27(19)20)14-5-3-7-16(9-14)21(28)30-2/h3-13H,1-2H3,(H2,23,26,29). The summed E-state index contributed by atoms with van der Waals surface area (Å²) in [7, 11) is 2.92. The molecule has 2 amide bonds. The summed E-state index contributed by atoms with van der Waals surface area (Å²) in [5.41, 5.74) is 5.13. The summed E-state index contributed by atoms with van der Waals surface area (Å²) in [4.78, 5) is 27.8. The van der Waals surface area contributed by atoms with E-state index in [0.29, 0.717) is 16.9 Å². The van der Waals surface area contributed by atoms with Crippen molar-refractivity contribution in [1.82, 2.24) is 19.9 Å². The molecule has 2 N–H and O–H groups in total. The van der Waals surface area contributed by atoms with Crippen LogP contribution in [-0.2, 0) is 4.74 Å². The van der Waals surface area contributed by atoms with Crippen molar-refractivity contribution in [2.45, 2.75) is 0 Å². The minimum absolute atomic E-state index is 0.290. The van der Waals surface area contributed by atoms with Crippen molar-refractivity contribution in [2.75, 3.05) is 19.5 Å². The number of benzene rings is 2. The predicted octanol–water partition coefficient (Wildman–Crippen LogP) is 3.60. The molecule has 0 aliphatic heterocycles. The summed E-state index contributed by atoms with van der Waals surface area (Å²) in [5.74, 6) is -0.390. The fourth-order valence-electron chi connectivity index (χ4n) is 3.12. The molecule has 0 saturated heterocycles. The van der Waals surface area contributed by atoms with Gasteiger partial charge in [-0.25, -0.2) is 19.1 Å². The molecule has 8 nitrogen and oxygen atoms in total. The number of urea groups is 1. The number of hydrogen-bond donors (Lipinski definition) is 2. The molecule has 0 saturated carbocycles. The third-order valence-electron chi connectivity index (χ3n) is 4.62. The zero-order valence-corrected chi connectivity index (χ0v) is 16.4. The quantitative estimate of drug-likeness (QED) is 0.509. The maximum absolute atomic E-state index is 11.8. The number of amides is 2. The number of nitrogens with one attached hydrogen (secondary N) is 2. The number of imidazole rings is 1. The number of carbonyl (C=O) groups is 2. The summed E-state index contributed by atoms with van der Waals surface area (Å²) in [6.07, 6.45) is 3.46. The zero-order chi connectivity index (χ0) is 21.1. The number of anilines is 1. The molecule has 2 aromatic carbocycles. The number of esters is 1. The zero-order valence-electron chi connectivity index (χ0n) is 16.4. The second kappa shape index (κ2) is 8.04. The lowest BCUT2D eigenvalue weighted by atomic mass is 10.1. The Labute approximate surface area is 172 Å². The predicted molar refractivity (Wildman–Crippen MR) is 113 cm³/mol. The van der Waals surface area contributed by atoms with Crippen molar-refractivity contribution < 1.29 is 14.3 Å². The van der Waals surface area contributed by atoms with Crippen molar-refractivity contribution in [3.05, 3.63) is 72.6 Å². The first kappa shape index (κ1) is 19.1. The minimum Gasteiger partial charge on any atom is -0.465 e. The molecule has 8 heteroatoms. The number of hydrogen-bond acceptors (Lipinski definition) is 5. The van der Waals surface area contributed by atoms with Crippen molar-refractivity contribution in [1.29, 1.82) is 0 Å². The van der Waals surface area contributed by atoms with Gasteiger partial charge < -0.3 is 15.4 Å². The maximum atomic E-state index is 11.8. The molecule has 150 valence electrons. The Morgan fingerprint density at radius 3 is 2.57 bits per heavy atom. The van der Waals surface area contributed by atoms with E-state index in [-0.39, 0.29) is 12.0 Å². The number of nitrogens with zero attached hydrogens (tertiary/aromatic N) is 3. The molecule has 0 unspecified atom stereocenters. The van der Waals surface area contributed by atoms with Crippen molar-refractivity contribution in [3.8, 4) is 22.4 Å². The van der Waals surface area contributed by atoms with Gasteiger partial charge in [0.2, 0.25) is 0 Å². The molecule has 0 bridgehead atoms. The summed E-state index contributed by atoms with van der Waals surface area (Å²) in [6.45, 7) is 0. The number of ether oxygens (including phenoxy) is 1. The van der Waals surface area contributed by atoms with Crippen LogP contribution in [0.5, 0.6) is 0 Å².